The lowest BCUT2D eigenvalue weighted by Crippen LogP contribution is -2.33. The highest BCUT2D eigenvalue weighted by molar-refractivity contribution is 5.83. The van der Waals surface area contributed by atoms with Gasteiger partial charge in [-0.2, -0.15) is 0 Å². The van der Waals surface area contributed by atoms with Crippen LogP contribution in [0.25, 0.3) is 0 Å². The molecule has 0 aliphatic carbocycles. The van der Waals surface area contributed by atoms with Gasteiger partial charge in [-0.05, 0) is 25.5 Å². The van der Waals surface area contributed by atoms with Crippen molar-refractivity contribution < 1.29 is 4.79 Å². The fourth-order valence-corrected chi connectivity index (χ4v) is 2.55. The van der Waals surface area contributed by atoms with Gasteiger partial charge in [0.2, 0.25) is 5.91 Å². The van der Waals surface area contributed by atoms with Crippen LogP contribution >= 0.6 is 0 Å². The van der Waals surface area contributed by atoms with E-state index in [9.17, 15) is 4.79 Å². The topological polar surface area (TPSA) is 32.3 Å². The van der Waals surface area contributed by atoms with Crippen LogP contribution < -0.4 is 5.32 Å². The first-order chi connectivity index (χ1) is 9.70. The third-order valence-electron chi connectivity index (χ3n) is 3.92. The van der Waals surface area contributed by atoms with Gasteiger partial charge in [0.25, 0.3) is 0 Å². The maximum atomic E-state index is 12.3. The molecule has 0 saturated heterocycles. The van der Waals surface area contributed by atoms with Gasteiger partial charge in [0.15, 0.2) is 0 Å². The van der Waals surface area contributed by atoms with Crippen LogP contribution in [0, 0.1) is 0 Å². The highest BCUT2D eigenvalue weighted by Crippen LogP contribution is 2.19. The van der Waals surface area contributed by atoms with E-state index in [4.69, 9.17) is 0 Å². The minimum Gasteiger partial charge on any atom is -0.352 e. The molecule has 1 N–H and O–H groups in total. The lowest BCUT2D eigenvalue weighted by atomic mass is 9.95. The minimum atomic E-state index is -0.0388. The Labute approximate surface area is 121 Å². The highest BCUT2D eigenvalue weighted by Gasteiger charge is 2.18. The number of carbonyl (C=O) groups excluding carboxylic acids is 1. The summed E-state index contributed by atoms with van der Waals surface area (Å²) in [5.74, 6) is 0.0987. The molecular formula is C17H24N2O. The Morgan fingerprint density at radius 3 is 2.70 bits per heavy atom. The lowest BCUT2D eigenvalue weighted by Gasteiger charge is -2.23. The van der Waals surface area contributed by atoms with Crippen molar-refractivity contribution in [3.05, 3.63) is 47.5 Å². The molecule has 0 fully saturated rings. The number of carbonyl (C=O) groups is 1. The van der Waals surface area contributed by atoms with E-state index in [1.807, 2.05) is 30.3 Å². The van der Waals surface area contributed by atoms with Crippen molar-refractivity contribution in [2.75, 3.05) is 26.7 Å². The molecular weight excluding hydrogens is 248 g/mol. The Balaban J connectivity index is 1.90. The molecule has 3 nitrogen and oxygen atoms in total. The van der Waals surface area contributed by atoms with E-state index in [1.165, 1.54) is 5.57 Å². The molecule has 0 unspecified atom stereocenters. The minimum absolute atomic E-state index is 0.0388. The molecule has 1 amide bonds. The molecule has 1 aromatic rings. The van der Waals surface area contributed by atoms with Gasteiger partial charge in [0.05, 0.1) is 5.92 Å². The molecule has 0 radical (unpaired) electrons. The Morgan fingerprint density at radius 1 is 1.35 bits per heavy atom. The van der Waals surface area contributed by atoms with Crippen LogP contribution in [0.15, 0.2) is 42.0 Å². The van der Waals surface area contributed by atoms with E-state index in [0.29, 0.717) is 6.54 Å². The van der Waals surface area contributed by atoms with Gasteiger partial charge in [-0.25, -0.2) is 0 Å². The van der Waals surface area contributed by atoms with Crippen molar-refractivity contribution >= 4 is 5.91 Å². The van der Waals surface area contributed by atoms with Crippen LogP contribution in [0.5, 0.6) is 0 Å². The summed E-state index contributed by atoms with van der Waals surface area (Å²) in [6.45, 7) is 4.82. The standard InChI is InChI=1S/C17H24N2O/c1-3-16(15-7-5-4-6-8-15)17(20)18-13-14-9-11-19(2)12-10-14/h4-9,16H,3,10-13H2,1-2H3,(H,18,20)/t16-/m0/s1. The zero-order valence-electron chi connectivity index (χ0n) is 12.4. The average molecular weight is 272 g/mol. The van der Waals surface area contributed by atoms with Crippen molar-refractivity contribution in [2.24, 2.45) is 0 Å². The van der Waals surface area contributed by atoms with Gasteiger partial charge in [0, 0.05) is 19.6 Å². The van der Waals surface area contributed by atoms with E-state index in [-0.39, 0.29) is 11.8 Å². The lowest BCUT2D eigenvalue weighted by molar-refractivity contribution is -0.122. The normalized spacial score (nSPS) is 17.4. The van der Waals surface area contributed by atoms with Crippen LogP contribution in [-0.2, 0) is 4.79 Å². The van der Waals surface area contributed by atoms with Gasteiger partial charge in [-0.1, -0.05) is 48.9 Å². The summed E-state index contributed by atoms with van der Waals surface area (Å²) < 4.78 is 0. The SMILES string of the molecule is CC[C@H](C(=O)NCC1=CCN(C)CC1)c1ccccc1. The quantitative estimate of drug-likeness (QED) is 0.836. The molecule has 1 heterocycles. The smallest absolute Gasteiger partial charge is 0.227 e. The first kappa shape index (κ1) is 14.8. The molecule has 1 atom stereocenters. The summed E-state index contributed by atoms with van der Waals surface area (Å²) in [5.41, 5.74) is 2.45. The molecule has 20 heavy (non-hydrogen) atoms. The first-order valence-electron chi connectivity index (χ1n) is 7.39. The third kappa shape index (κ3) is 3.94. The second-order valence-electron chi connectivity index (χ2n) is 5.46. The summed E-state index contributed by atoms with van der Waals surface area (Å²) in [5, 5.41) is 3.09. The highest BCUT2D eigenvalue weighted by atomic mass is 16.1. The first-order valence-corrected chi connectivity index (χ1v) is 7.39. The van der Waals surface area contributed by atoms with Crippen LogP contribution in [0.3, 0.4) is 0 Å². The number of amides is 1. The van der Waals surface area contributed by atoms with Crippen LogP contribution in [0.1, 0.15) is 31.2 Å². The maximum Gasteiger partial charge on any atom is 0.227 e. The van der Waals surface area contributed by atoms with Gasteiger partial charge < -0.3 is 10.2 Å². The van der Waals surface area contributed by atoms with Gasteiger partial charge in [-0.15, -0.1) is 0 Å². The molecule has 2 rings (SSSR count). The van der Waals surface area contributed by atoms with E-state index < -0.39 is 0 Å². The molecule has 0 saturated carbocycles. The zero-order valence-corrected chi connectivity index (χ0v) is 12.4. The molecule has 0 aromatic heterocycles. The van der Waals surface area contributed by atoms with Crippen molar-refractivity contribution in [1.29, 1.82) is 0 Å². The molecule has 108 valence electrons. The number of likely N-dealkylation sites (N-methyl/N-ethyl adjacent to an activating group) is 1. The molecule has 1 aliphatic rings. The fourth-order valence-electron chi connectivity index (χ4n) is 2.55. The Kier molecular flexibility index (Phi) is 5.36. The summed E-state index contributed by atoms with van der Waals surface area (Å²) >= 11 is 0. The number of hydrogen-bond acceptors (Lipinski definition) is 2. The van der Waals surface area contributed by atoms with Crippen LogP contribution in [0.2, 0.25) is 0 Å². The van der Waals surface area contributed by atoms with Crippen molar-refractivity contribution in [2.45, 2.75) is 25.7 Å². The molecule has 1 aliphatic heterocycles. The summed E-state index contributed by atoms with van der Waals surface area (Å²) in [6, 6.07) is 10.0. The second-order valence-corrected chi connectivity index (χ2v) is 5.46. The van der Waals surface area contributed by atoms with Crippen molar-refractivity contribution in [1.82, 2.24) is 10.2 Å². The van der Waals surface area contributed by atoms with Crippen LogP contribution in [0.4, 0.5) is 0 Å². The van der Waals surface area contributed by atoms with Gasteiger partial charge >= 0.3 is 0 Å². The van der Waals surface area contributed by atoms with E-state index in [0.717, 1.165) is 31.5 Å². The van der Waals surface area contributed by atoms with Crippen LogP contribution in [-0.4, -0.2) is 37.5 Å². The third-order valence-corrected chi connectivity index (χ3v) is 3.92. The van der Waals surface area contributed by atoms with E-state index >= 15 is 0 Å². The monoisotopic (exact) mass is 272 g/mol. The van der Waals surface area contributed by atoms with E-state index in [2.05, 4.69) is 30.3 Å². The molecule has 0 bridgehead atoms. The second kappa shape index (κ2) is 7.25. The summed E-state index contributed by atoms with van der Waals surface area (Å²) in [7, 11) is 2.12. The fraction of sp³-hybridized carbons (Fsp3) is 0.471. The summed E-state index contributed by atoms with van der Waals surface area (Å²) in [6.07, 6.45) is 4.11. The molecule has 1 aromatic carbocycles. The van der Waals surface area contributed by atoms with E-state index in [1.54, 1.807) is 0 Å². The number of hydrogen-bond donors (Lipinski definition) is 1. The number of rotatable bonds is 5. The number of nitrogens with zero attached hydrogens (tertiary/aromatic N) is 1. The predicted molar refractivity (Wildman–Crippen MR) is 82.7 cm³/mol. The number of benzene rings is 1. The van der Waals surface area contributed by atoms with Crippen molar-refractivity contribution in [3.8, 4) is 0 Å². The Bertz CT molecular complexity index is 467. The largest absolute Gasteiger partial charge is 0.352 e. The molecule has 3 heteroatoms. The summed E-state index contributed by atoms with van der Waals surface area (Å²) in [4.78, 5) is 14.6. The number of nitrogens with one attached hydrogen (secondary N) is 1. The Morgan fingerprint density at radius 2 is 2.10 bits per heavy atom. The van der Waals surface area contributed by atoms with Gasteiger partial charge in [-0.3, -0.25) is 4.79 Å². The Hall–Kier alpha value is -1.61. The zero-order chi connectivity index (χ0) is 14.4. The predicted octanol–water partition coefficient (Wildman–Crippen LogP) is 2.56. The molecule has 0 spiro atoms. The van der Waals surface area contributed by atoms with Gasteiger partial charge in [0.1, 0.15) is 0 Å². The average Bonchev–Trinajstić information content (AvgIpc) is 2.48. The van der Waals surface area contributed by atoms with Crippen molar-refractivity contribution in [3.63, 3.8) is 0 Å². The maximum absolute atomic E-state index is 12.3.